The molecule has 0 aliphatic carbocycles. The number of amides is 1. The van der Waals surface area contributed by atoms with E-state index in [-0.39, 0.29) is 18.5 Å². The molecule has 4 rings (SSSR count). The first-order chi connectivity index (χ1) is 16.1. The van der Waals surface area contributed by atoms with Gasteiger partial charge in [-0.05, 0) is 46.2 Å². The number of halogens is 6. The molecular weight excluding hydrogens is 476 g/mol. The van der Waals surface area contributed by atoms with E-state index in [1.807, 2.05) is 0 Å². The molecule has 0 bridgehead atoms. The highest BCUT2D eigenvalue weighted by Gasteiger charge is 2.44. The Kier molecular flexibility index (Phi) is 5.76. The standard InChI is InChI=1S/C23H23F6N5O/c1-11-18-13(19(32(5)31-18)12-8-15(24)17(26)16(25)9-12)6-7-33(11)21(35)14-10-30-34(22(2,3)4)20(14)23(27,28)29/h8-11H,6-7H2,1-5H3. The second-order valence-corrected chi connectivity index (χ2v) is 9.50. The molecule has 1 aliphatic rings. The molecule has 0 saturated heterocycles. The molecule has 3 heterocycles. The van der Waals surface area contributed by atoms with Crippen molar-refractivity contribution in [1.29, 1.82) is 0 Å². The second-order valence-electron chi connectivity index (χ2n) is 9.50. The van der Waals surface area contributed by atoms with E-state index < -0.39 is 52.4 Å². The molecule has 1 atom stereocenters. The van der Waals surface area contributed by atoms with E-state index in [1.54, 1.807) is 27.7 Å². The Morgan fingerprint density at radius 3 is 2.23 bits per heavy atom. The number of fused-ring (bicyclic) bond motifs is 1. The maximum absolute atomic E-state index is 13.9. The Hall–Kier alpha value is -3.31. The minimum atomic E-state index is -4.81. The number of benzene rings is 1. The maximum Gasteiger partial charge on any atom is 0.433 e. The van der Waals surface area contributed by atoms with E-state index in [4.69, 9.17) is 0 Å². The molecule has 0 spiro atoms. The number of rotatable bonds is 2. The Balaban J connectivity index is 1.75. The molecule has 188 valence electrons. The molecule has 3 aromatic rings. The number of nitrogens with zero attached hydrogens (tertiary/aromatic N) is 5. The first-order valence-corrected chi connectivity index (χ1v) is 10.8. The summed E-state index contributed by atoms with van der Waals surface area (Å²) in [5, 5.41) is 8.22. The summed E-state index contributed by atoms with van der Waals surface area (Å²) in [6.45, 7) is 6.30. The van der Waals surface area contributed by atoms with Crippen molar-refractivity contribution in [3.63, 3.8) is 0 Å². The summed E-state index contributed by atoms with van der Waals surface area (Å²) in [5.41, 5.74) is -1.35. The third kappa shape index (κ3) is 4.08. The van der Waals surface area contributed by atoms with Gasteiger partial charge in [-0.3, -0.25) is 14.2 Å². The van der Waals surface area contributed by atoms with E-state index in [9.17, 15) is 31.1 Å². The Labute approximate surface area is 197 Å². The van der Waals surface area contributed by atoms with Crippen molar-refractivity contribution < 1.29 is 31.1 Å². The fraction of sp³-hybridized carbons (Fsp3) is 0.435. The van der Waals surface area contributed by atoms with E-state index in [2.05, 4.69) is 10.2 Å². The van der Waals surface area contributed by atoms with Gasteiger partial charge in [0.25, 0.3) is 5.91 Å². The summed E-state index contributed by atoms with van der Waals surface area (Å²) >= 11 is 0. The molecule has 1 aliphatic heterocycles. The number of alkyl halides is 3. The van der Waals surface area contributed by atoms with Gasteiger partial charge in [0.2, 0.25) is 0 Å². The highest BCUT2D eigenvalue weighted by molar-refractivity contribution is 5.96. The van der Waals surface area contributed by atoms with Crippen LogP contribution in [0.2, 0.25) is 0 Å². The van der Waals surface area contributed by atoms with Gasteiger partial charge in [0.1, 0.15) is 0 Å². The van der Waals surface area contributed by atoms with Crippen LogP contribution < -0.4 is 0 Å². The van der Waals surface area contributed by atoms with Crippen LogP contribution in [-0.2, 0) is 25.2 Å². The summed E-state index contributed by atoms with van der Waals surface area (Å²) in [5.74, 6) is -5.15. The number of carbonyl (C=O) groups is 1. The Bertz CT molecular complexity index is 1290. The van der Waals surface area contributed by atoms with Gasteiger partial charge in [0.15, 0.2) is 23.1 Å². The first-order valence-electron chi connectivity index (χ1n) is 10.8. The zero-order chi connectivity index (χ0) is 26.0. The average Bonchev–Trinajstić information content (AvgIpc) is 3.33. The summed E-state index contributed by atoms with van der Waals surface area (Å²) in [4.78, 5) is 14.6. The summed E-state index contributed by atoms with van der Waals surface area (Å²) in [6, 6.07) is 0.975. The quantitative estimate of drug-likeness (QED) is 0.358. The molecule has 12 heteroatoms. The largest absolute Gasteiger partial charge is 0.433 e. The molecular formula is C23H23F6N5O. The molecule has 6 nitrogen and oxygen atoms in total. The van der Waals surface area contributed by atoms with Crippen LogP contribution in [-0.4, -0.2) is 36.9 Å². The van der Waals surface area contributed by atoms with Gasteiger partial charge >= 0.3 is 6.18 Å². The predicted octanol–water partition coefficient (Wildman–Crippen LogP) is 5.23. The minimum Gasteiger partial charge on any atom is -0.330 e. The molecule has 0 saturated carbocycles. The monoisotopic (exact) mass is 499 g/mol. The van der Waals surface area contributed by atoms with E-state index in [1.165, 1.54) is 16.6 Å². The van der Waals surface area contributed by atoms with Crippen LogP contribution in [0.25, 0.3) is 11.3 Å². The molecule has 1 aromatic carbocycles. The van der Waals surface area contributed by atoms with Crippen molar-refractivity contribution in [1.82, 2.24) is 24.5 Å². The van der Waals surface area contributed by atoms with Gasteiger partial charge in [0.05, 0.1) is 34.7 Å². The first kappa shape index (κ1) is 24.8. The van der Waals surface area contributed by atoms with Crippen LogP contribution in [0, 0.1) is 17.5 Å². The third-order valence-electron chi connectivity index (χ3n) is 6.06. The fourth-order valence-electron chi connectivity index (χ4n) is 4.52. The van der Waals surface area contributed by atoms with Crippen LogP contribution in [0.3, 0.4) is 0 Å². The number of hydrogen-bond donors (Lipinski definition) is 0. The molecule has 0 radical (unpaired) electrons. The van der Waals surface area contributed by atoms with Gasteiger partial charge in [-0.25, -0.2) is 13.2 Å². The van der Waals surface area contributed by atoms with Gasteiger partial charge in [-0.1, -0.05) is 0 Å². The van der Waals surface area contributed by atoms with Crippen molar-refractivity contribution in [2.75, 3.05) is 6.54 Å². The number of aromatic nitrogens is 4. The van der Waals surface area contributed by atoms with Crippen molar-refractivity contribution in [2.24, 2.45) is 7.05 Å². The lowest BCUT2D eigenvalue weighted by Crippen LogP contribution is -2.40. The topological polar surface area (TPSA) is 56.0 Å². The average molecular weight is 499 g/mol. The smallest absolute Gasteiger partial charge is 0.330 e. The van der Waals surface area contributed by atoms with Gasteiger partial charge in [-0.2, -0.15) is 23.4 Å². The van der Waals surface area contributed by atoms with Gasteiger partial charge in [0, 0.05) is 24.7 Å². The van der Waals surface area contributed by atoms with E-state index in [0.29, 0.717) is 17.0 Å². The minimum absolute atomic E-state index is 0.0375. The summed E-state index contributed by atoms with van der Waals surface area (Å²) in [7, 11) is 1.53. The third-order valence-corrected chi connectivity index (χ3v) is 6.06. The lowest BCUT2D eigenvalue weighted by molar-refractivity contribution is -0.146. The van der Waals surface area contributed by atoms with Crippen LogP contribution in [0.15, 0.2) is 18.3 Å². The number of carbonyl (C=O) groups excluding carboxylic acids is 1. The van der Waals surface area contributed by atoms with Crippen LogP contribution >= 0.6 is 0 Å². The second kappa shape index (κ2) is 8.13. The Morgan fingerprint density at radius 2 is 1.69 bits per heavy atom. The molecule has 1 amide bonds. The molecule has 0 fully saturated rings. The van der Waals surface area contributed by atoms with Crippen LogP contribution in [0.5, 0.6) is 0 Å². The molecule has 0 N–H and O–H groups in total. The lowest BCUT2D eigenvalue weighted by atomic mass is 9.95. The van der Waals surface area contributed by atoms with Gasteiger partial charge < -0.3 is 4.90 Å². The van der Waals surface area contributed by atoms with Gasteiger partial charge in [-0.15, -0.1) is 0 Å². The van der Waals surface area contributed by atoms with Crippen molar-refractivity contribution in [3.8, 4) is 11.3 Å². The highest BCUT2D eigenvalue weighted by Crippen LogP contribution is 2.39. The molecule has 2 aromatic heterocycles. The van der Waals surface area contributed by atoms with Crippen molar-refractivity contribution in [3.05, 3.63) is 58.3 Å². The zero-order valence-electron chi connectivity index (χ0n) is 19.6. The van der Waals surface area contributed by atoms with Crippen molar-refractivity contribution >= 4 is 5.91 Å². The Morgan fingerprint density at radius 1 is 1.09 bits per heavy atom. The summed E-state index contributed by atoms with van der Waals surface area (Å²) in [6.07, 6.45) is -3.72. The number of aryl methyl sites for hydroxylation is 1. The van der Waals surface area contributed by atoms with Crippen LogP contribution in [0.4, 0.5) is 26.3 Å². The molecule has 35 heavy (non-hydrogen) atoms. The fourth-order valence-corrected chi connectivity index (χ4v) is 4.52. The summed E-state index contributed by atoms with van der Waals surface area (Å²) < 4.78 is 85.1. The SMILES string of the molecule is CC1c2nn(C)c(-c3cc(F)c(F)c(F)c3)c2CCN1C(=O)c1cnn(C(C)(C)C)c1C(F)(F)F. The van der Waals surface area contributed by atoms with E-state index in [0.717, 1.165) is 23.0 Å². The van der Waals surface area contributed by atoms with Crippen LogP contribution in [0.1, 0.15) is 61.0 Å². The number of hydrogen-bond acceptors (Lipinski definition) is 3. The lowest BCUT2D eigenvalue weighted by Gasteiger charge is -2.33. The van der Waals surface area contributed by atoms with Crippen molar-refractivity contribution in [2.45, 2.75) is 51.9 Å². The predicted molar refractivity (Wildman–Crippen MR) is 114 cm³/mol. The normalized spacial score (nSPS) is 16.5. The maximum atomic E-state index is 13.9. The molecule has 1 unspecified atom stereocenters. The zero-order valence-corrected chi connectivity index (χ0v) is 19.6. The highest BCUT2D eigenvalue weighted by atomic mass is 19.4. The van der Waals surface area contributed by atoms with E-state index >= 15 is 0 Å².